The lowest BCUT2D eigenvalue weighted by Crippen LogP contribution is -1.96. The molecule has 5 nitrogen and oxygen atoms in total. The van der Waals surface area contributed by atoms with Crippen molar-refractivity contribution in [2.75, 3.05) is 0 Å². The highest BCUT2D eigenvalue weighted by molar-refractivity contribution is 5.91. The Bertz CT molecular complexity index is 295. The molecule has 1 rings (SSSR count). The van der Waals surface area contributed by atoms with E-state index < -0.39 is 5.97 Å². The van der Waals surface area contributed by atoms with E-state index >= 15 is 0 Å². The average molecular weight is 186 g/mol. The van der Waals surface area contributed by atoms with Gasteiger partial charge in [-0.2, -0.15) is 0 Å². The summed E-state index contributed by atoms with van der Waals surface area (Å²) in [6.45, 7) is 1.65. The Morgan fingerprint density at radius 1 is 1.31 bits per heavy atom. The molecule has 5 heteroatoms. The first-order chi connectivity index (χ1) is 6.13. The van der Waals surface area contributed by atoms with E-state index in [9.17, 15) is 9.90 Å². The molecule has 0 aliphatic heterocycles. The van der Waals surface area contributed by atoms with E-state index in [0.717, 1.165) is 0 Å². The van der Waals surface area contributed by atoms with Crippen LogP contribution in [0.5, 0.6) is 5.75 Å². The van der Waals surface area contributed by atoms with Crippen molar-refractivity contribution in [1.82, 2.24) is 0 Å². The third-order valence-corrected chi connectivity index (χ3v) is 1.47. The van der Waals surface area contributed by atoms with Gasteiger partial charge in [-0.3, -0.25) is 10.5 Å². The highest BCUT2D eigenvalue weighted by Crippen LogP contribution is 2.20. The zero-order chi connectivity index (χ0) is 10.4. The van der Waals surface area contributed by atoms with Crippen LogP contribution in [0.1, 0.15) is 15.9 Å². The molecule has 0 saturated heterocycles. The van der Waals surface area contributed by atoms with Gasteiger partial charge >= 0.3 is 5.97 Å². The van der Waals surface area contributed by atoms with Crippen molar-refractivity contribution in [2.24, 2.45) is 0 Å². The molecule has 13 heavy (non-hydrogen) atoms. The third kappa shape index (κ3) is 2.73. The molecule has 0 saturated carbocycles. The number of rotatable bonds is 1. The maximum Gasteiger partial charge on any atom is 0.339 e. The number of hydrogen-bond donors (Lipinski definition) is 4. The van der Waals surface area contributed by atoms with Gasteiger partial charge in [0.2, 0.25) is 0 Å². The second-order valence-corrected chi connectivity index (χ2v) is 2.28. The van der Waals surface area contributed by atoms with Gasteiger partial charge in [0, 0.05) is 0 Å². The molecule has 0 aliphatic rings. The Balaban J connectivity index is 0.000000671. The molecule has 0 bridgehead atoms. The molecular formula is C8H10O5. The van der Waals surface area contributed by atoms with Crippen molar-refractivity contribution < 1.29 is 25.5 Å². The van der Waals surface area contributed by atoms with Crippen molar-refractivity contribution in [3.63, 3.8) is 0 Å². The summed E-state index contributed by atoms with van der Waals surface area (Å²) in [5, 5.41) is 29.7. The SMILES string of the molecule is Cc1cccc(C(=O)O)c1O.OO. The lowest BCUT2D eigenvalue weighted by Gasteiger charge is -2.00. The van der Waals surface area contributed by atoms with E-state index in [-0.39, 0.29) is 11.3 Å². The average Bonchev–Trinajstić information content (AvgIpc) is 2.13. The van der Waals surface area contributed by atoms with Crippen molar-refractivity contribution in [1.29, 1.82) is 0 Å². The van der Waals surface area contributed by atoms with Crippen LogP contribution in [0.2, 0.25) is 0 Å². The number of carboxylic acid groups (broad SMARTS) is 1. The van der Waals surface area contributed by atoms with Gasteiger partial charge in [0.1, 0.15) is 11.3 Å². The molecule has 0 heterocycles. The quantitative estimate of drug-likeness (QED) is 0.392. The molecule has 0 fully saturated rings. The number of aryl methyl sites for hydroxylation is 1. The van der Waals surface area contributed by atoms with Gasteiger partial charge < -0.3 is 10.2 Å². The number of carbonyl (C=O) groups is 1. The summed E-state index contributed by atoms with van der Waals surface area (Å²) in [5.74, 6) is -1.26. The van der Waals surface area contributed by atoms with E-state index in [0.29, 0.717) is 5.56 Å². The Morgan fingerprint density at radius 3 is 2.23 bits per heavy atom. The van der Waals surface area contributed by atoms with Crippen LogP contribution in [0.25, 0.3) is 0 Å². The number of hydrogen-bond acceptors (Lipinski definition) is 4. The summed E-state index contributed by atoms with van der Waals surface area (Å²) in [6.07, 6.45) is 0. The summed E-state index contributed by atoms with van der Waals surface area (Å²) in [4.78, 5) is 10.4. The monoisotopic (exact) mass is 186 g/mol. The zero-order valence-electron chi connectivity index (χ0n) is 6.93. The third-order valence-electron chi connectivity index (χ3n) is 1.47. The fourth-order valence-corrected chi connectivity index (χ4v) is 0.832. The smallest absolute Gasteiger partial charge is 0.339 e. The lowest BCUT2D eigenvalue weighted by molar-refractivity contribution is -0.176. The summed E-state index contributed by atoms with van der Waals surface area (Å²) in [5.41, 5.74) is 0.523. The summed E-state index contributed by atoms with van der Waals surface area (Å²) < 4.78 is 0. The van der Waals surface area contributed by atoms with Gasteiger partial charge in [0.05, 0.1) is 0 Å². The van der Waals surface area contributed by atoms with Crippen LogP contribution in [-0.4, -0.2) is 26.7 Å². The number of aromatic hydroxyl groups is 1. The fourth-order valence-electron chi connectivity index (χ4n) is 0.832. The molecule has 1 aromatic rings. The van der Waals surface area contributed by atoms with E-state index in [4.69, 9.17) is 15.6 Å². The first kappa shape index (κ1) is 11.4. The lowest BCUT2D eigenvalue weighted by atomic mass is 10.1. The number of carboxylic acids is 1. The van der Waals surface area contributed by atoms with Crippen LogP contribution in [0.4, 0.5) is 0 Å². The number of para-hydroxylation sites is 1. The minimum Gasteiger partial charge on any atom is -0.507 e. The maximum absolute atomic E-state index is 10.4. The summed E-state index contributed by atoms with van der Waals surface area (Å²) in [6, 6.07) is 4.62. The minimum atomic E-state index is -1.11. The van der Waals surface area contributed by atoms with Gasteiger partial charge in [-0.05, 0) is 18.6 Å². The second-order valence-electron chi connectivity index (χ2n) is 2.28. The number of benzene rings is 1. The molecule has 0 radical (unpaired) electrons. The first-order valence-corrected chi connectivity index (χ1v) is 3.35. The second kappa shape index (κ2) is 5.13. The molecule has 0 amide bonds. The van der Waals surface area contributed by atoms with Gasteiger partial charge in [-0.1, -0.05) is 12.1 Å². The highest BCUT2D eigenvalue weighted by atomic mass is 17.0. The Kier molecular flexibility index (Phi) is 4.50. The Labute approximate surface area is 74.4 Å². The van der Waals surface area contributed by atoms with Gasteiger partial charge in [-0.25, -0.2) is 4.79 Å². The highest BCUT2D eigenvalue weighted by Gasteiger charge is 2.09. The molecule has 4 N–H and O–H groups in total. The standard InChI is InChI=1S/C8H8O3.H2O2/c1-5-3-2-4-6(7(5)9)8(10)11;1-2/h2-4,9H,1H3,(H,10,11);1-2H. The molecule has 1 aromatic carbocycles. The van der Waals surface area contributed by atoms with E-state index in [1.54, 1.807) is 19.1 Å². The molecule has 0 atom stereocenters. The molecule has 0 unspecified atom stereocenters. The predicted molar refractivity (Wildman–Crippen MR) is 45.1 cm³/mol. The van der Waals surface area contributed by atoms with Crippen molar-refractivity contribution in [3.05, 3.63) is 29.3 Å². The molecule has 0 spiro atoms. The summed E-state index contributed by atoms with van der Waals surface area (Å²) in [7, 11) is 0. The molecule has 0 aliphatic carbocycles. The van der Waals surface area contributed by atoms with E-state index in [1.165, 1.54) is 6.07 Å². The predicted octanol–water partition coefficient (Wildman–Crippen LogP) is 1.42. The largest absolute Gasteiger partial charge is 0.507 e. The normalized spacial score (nSPS) is 8.54. The van der Waals surface area contributed by atoms with Crippen LogP contribution in [0, 0.1) is 6.92 Å². The van der Waals surface area contributed by atoms with Crippen LogP contribution >= 0.6 is 0 Å². The van der Waals surface area contributed by atoms with Crippen LogP contribution < -0.4 is 0 Å². The number of aromatic carboxylic acids is 1. The number of phenols is 1. The van der Waals surface area contributed by atoms with E-state index in [2.05, 4.69) is 0 Å². The van der Waals surface area contributed by atoms with Crippen molar-refractivity contribution >= 4 is 5.97 Å². The molecule has 0 aromatic heterocycles. The zero-order valence-corrected chi connectivity index (χ0v) is 6.93. The minimum absolute atomic E-state index is 0.0509. The van der Waals surface area contributed by atoms with E-state index in [1.807, 2.05) is 0 Å². The molecular weight excluding hydrogens is 176 g/mol. The van der Waals surface area contributed by atoms with Crippen LogP contribution in [-0.2, 0) is 0 Å². The fraction of sp³-hybridized carbons (Fsp3) is 0.125. The first-order valence-electron chi connectivity index (χ1n) is 3.35. The van der Waals surface area contributed by atoms with Crippen molar-refractivity contribution in [2.45, 2.75) is 6.92 Å². The van der Waals surface area contributed by atoms with Gasteiger partial charge in [0.15, 0.2) is 0 Å². The van der Waals surface area contributed by atoms with Gasteiger partial charge in [0.25, 0.3) is 0 Å². The van der Waals surface area contributed by atoms with Crippen LogP contribution in [0.3, 0.4) is 0 Å². The molecule has 72 valence electrons. The topological polar surface area (TPSA) is 98.0 Å². The van der Waals surface area contributed by atoms with Crippen LogP contribution in [0.15, 0.2) is 18.2 Å². The van der Waals surface area contributed by atoms with Gasteiger partial charge in [-0.15, -0.1) is 0 Å². The summed E-state index contributed by atoms with van der Waals surface area (Å²) >= 11 is 0. The Hall–Kier alpha value is -1.59. The van der Waals surface area contributed by atoms with Crippen molar-refractivity contribution in [3.8, 4) is 5.75 Å². The Morgan fingerprint density at radius 2 is 1.85 bits per heavy atom. The maximum atomic E-state index is 10.4.